The molecule has 0 aromatic rings. The average molecular weight is 1050 g/mol. The third-order valence-corrected chi connectivity index (χ3v) is 14.6. The summed E-state index contributed by atoms with van der Waals surface area (Å²) in [6.45, 7) is 1.53. The van der Waals surface area contributed by atoms with Crippen molar-refractivity contribution >= 4 is 5.91 Å². The number of hydrogen-bond acceptors (Lipinski definition) is 18. The van der Waals surface area contributed by atoms with E-state index in [-0.39, 0.29) is 18.9 Å². The molecule has 19 nitrogen and oxygen atoms in total. The fourth-order valence-electron chi connectivity index (χ4n) is 9.84. The lowest BCUT2D eigenvalue weighted by molar-refractivity contribution is -0.379. The Morgan fingerprint density at radius 2 is 0.849 bits per heavy atom. The first kappa shape index (κ1) is 65.8. The van der Waals surface area contributed by atoms with E-state index >= 15 is 0 Å². The Morgan fingerprint density at radius 3 is 1.29 bits per heavy atom. The van der Waals surface area contributed by atoms with E-state index in [4.69, 9.17) is 28.4 Å². The van der Waals surface area contributed by atoms with Gasteiger partial charge in [0.25, 0.3) is 0 Å². The van der Waals surface area contributed by atoms with Gasteiger partial charge in [0.1, 0.15) is 73.2 Å². The third-order valence-electron chi connectivity index (χ3n) is 14.6. The molecule has 430 valence electrons. The molecule has 3 fully saturated rings. The molecule has 3 aliphatic heterocycles. The van der Waals surface area contributed by atoms with E-state index in [9.17, 15) is 61.0 Å². The highest BCUT2D eigenvalue weighted by Gasteiger charge is 2.53. The van der Waals surface area contributed by atoms with Crippen LogP contribution in [0.4, 0.5) is 0 Å². The fourth-order valence-corrected chi connectivity index (χ4v) is 9.84. The molecule has 0 spiro atoms. The third kappa shape index (κ3) is 24.0. The minimum atomic E-state index is -1.97. The first-order valence-electron chi connectivity index (χ1n) is 28.4. The van der Waals surface area contributed by atoms with Crippen molar-refractivity contribution in [2.75, 3.05) is 26.4 Å². The molecule has 3 heterocycles. The molecular formula is C54H101NO18. The summed E-state index contributed by atoms with van der Waals surface area (Å²) < 4.78 is 34.0. The number of hydrogen-bond donors (Lipinski definition) is 12. The highest BCUT2D eigenvalue weighted by molar-refractivity contribution is 5.76. The number of aliphatic hydroxyl groups excluding tert-OH is 11. The van der Waals surface area contributed by atoms with Gasteiger partial charge in [0.05, 0.1) is 38.6 Å². The van der Waals surface area contributed by atoms with Crippen LogP contribution in [0.1, 0.15) is 194 Å². The van der Waals surface area contributed by atoms with Gasteiger partial charge in [0.2, 0.25) is 5.91 Å². The molecule has 3 aliphatic rings. The molecule has 3 rings (SSSR count). The highest BCUT2D eigenvalue weighted by Crippen LogP contribution is 2.33. The molecule has 0 saturated carbocycles. The van der Waals surface area contributed by atoms with Crippen molar-refractivity contribution in [1.29, 1.82) is 0 Å². The first-order chi connectivity index (χ1) is 35.3. The minimum absolute atomic E-state index is 0.231. The standard InChI is InChI=1S/C54H101NO18/c1-3-5-7-8-9-10-11-12-13-14-15-16-17-18-19-20-21-22-23-24-25-26-27-28-30-31-38(59)37(55-42(60)32-29-6-4-2)36-68-52-48(66)45(63)50(40(34-57)70-52)73-54-49(67)46(64)51(41(35-58)71-54)72-53-47(65)44(62)43(61)39(33-56)69-53/h30-31,37-41,43-54,56-59,61-67H,3-29,32-36H2,1-2H3,(H,55,60)/b31-30+. The van der Waals surface area contributed by atoms with Crippen LogP contribution in [0.2, 0.25) is 0 Å². The van der Waals surface area contributed by atoms with Gasteiger partial charge in [-0.1, -0.05) is 180 Å². The molecular weight excluding hydrogens is 951 g/mol. The monoisotopic (exact) mass is 1050 g/mol. The highest BCUT2D eigenvalue weighted by atomic mass is 16.8. The van der Waals surface area contributed by atoms with E-state index in [2.05, 4.69) is 12.2 Å². The lowest BCUT2D eigenvalue weighted by atomic mass is 9.96. The number of unbranched alkanes of at least 4 members (excludes halogenated alkanes) is 25. The second kappa shape index (κ2) is 39.0. The molecule has 12 N–H and O–H groups in total. The Labute approximate surface area is 436 Å². The van der Waals surface area contributed by atoms with Crippen LogP contribution in [0.25, 0.3) is 0 Å². The molecule has 3 saturated heterocycles. The Morgan fingerprint density at radius 1 is 0.479 bits per heavy atom. The second-order valence-electron chi connectivity index (χ2n) is 20.8. The molecule has 1 amide bonds. The number of carbonyl (C=O) groups excluding carboxylic acids is 1. The van der Waals surface area contributed by atoms with E-state index in [0.717, 1.165) is 38.5 Å². The van der Waals surface area contributed by atoms with Crippen molar-refractivity contribution in [2.24, 2.45) is 0 Å². The number of nitrogens with one attached hydrogen (secondary N) is 1. The van der Waals surface area contributed by atoms with E-state index in [1.54, 1.807) is 6.08 Å². The fraction of sp³-hybridized carbons (Fsp3) is 0.944. The van der Waals surface area contributed by atoms with Crippen LogP contribution >= 0.6 is 0 Å². The SMILES string of the molecule is CCCCCCCCCCCCCCCCCCCCCCCCC/C=C/C(O)C(COC1OC(CO)C(OC2OC(CO)C(OC3OC(CO)C(O)C(O)C3O)C(O)C2O)C(O)C1O)NC(=O)CCCCC. The summed E-state index contributed by atoms with van der Waals surface area (Å²) in [7, 11) is 0. The summed E-state index contributed by atoms with van der Waals surface area (Å²) >= 11 is 0. The molecule has 19 heteroatoms. The van der Waals surface area contributed by atoms with Gasteiger partial charge in [-0.25, -0.2) is 0 Å². The van der Waals surface area contributed by atoms with Gasteiger partial charge in [-0.15, -0.1) is 0 Å². The molecule has 17 unspecified atom stereocenters. The molecule has 0 radical (unpaired) electrons. The van der Waals surface area contributed by atoms with Crippen LogP contribution in [0, 0.1) is 0 Å². The topological polar surface area (TPSA) is 307 Å². The summed E-state index contributed by atoms with van der Waals surface area (Å²) in [5, 5.41) is 119. The number of rotatable bonds is 41. The van der Waals surface area contributed by atoms with Crippen molar-refractivity contribution in [3.8, 4) is 0 Å². The van der Waals surface area contributed by atoms with E-state index < -0.39 is 124 Å². The maximum atomic E-state index is 12.9. The Balaban J connectivity index is 1.38. The van der Waals surface area contributed by atoms with Gasteiger partial charge in [-0.3, -0.25) is 4.79 Å². The Hall–Kier alpha value is -1.47. The molecule has 73 heavy (non-hydrogen) atoms. The summed E-state index contributed by atoms with van der Waals surface area (Å²) in [6, 6.07) is -0.963. The lowest BCUT2D eigenvalue weighted by Gasteiger charge is -2.48. The van der Waals surface area contributed by atoms with Crippen molar-refractivity contribution in [2.45, 2.75) is 298 Å². The van der Waals surface area contributed by atoms with Gasteiger partial charge < -0.3 is 89.9 Å². The van der Waals surface area contributed by atoms with Crippen molar-refractivity contribution in [3.05, 3.63) is 12.2 Å². The van der Waals surface area contributed by atoms with Gasteiger partial charge in [-0.2, -0.15) is 0 Å². The second-order valence-corrected chi connectivity index (χ2v) is 20.8. The normalized spacial score (nSPS) is 31.8. The number of carbonyl (C=O) groups is 1. The van der Waals surface area contributed by atoms with E-state index in [1.165, 1.54) is 128 Å². The number of amides is 1. The number of aliphatic hydroxyl groups is 11. The van der Waals surface area contributed by atoms with Gasteiger partial charge in [-0.05, 0) is 19.3 Å². The Bertz CT molecular complexity index is 1400. The van der Waals surface area contributed by atoms with Crippen LogP contribution in [0.15, 0.2) is 12.2 Å². The van der Waals surface area contributed by atoms with Gasteiger partial charge in [0, 0.05) is 6.42 Å². The van der Waals surface area contributed by atoms with Crippen molar-refractivity contribution in [3.63, 3.8) is 0 Å². The van der Waals surface area contributed by atoms with Gasteiger partial charge in [0.15, 0.2) is 18.9 Å². The minimum Gasteiger partial charge on any atom is -0.394 e. The van der Waals surface area contributed by atoms with E-state index in [0.29, 0.717) is 6.42 Å². The Kier molecular flexibility index (Phi) is 35.1. The van der Waals surface area contributed by atoms with Crippen LogP contribution in [0.3, 0.4) is 0 Å². The zero-order valence-corrected chi connectivity index (χ0v) is 44.4. The molecule has 17 atom stereocenters. The maximum absolute atomic E-state index is 12.9. The largest absolute Gasteiger partial charge is 0.394 e. The predicted octanol–water partition coefficient (Wildman–Crippen LogP) is 3.82. The van der Waals surface area contributed by atoms with E-state index in [1.807, 2.05) is 13.0 Å². The number of ether oxygens (including phenoxy) is 6. The summed E-state index contributed by atoms with van der Waals surface area (Å²) in [5.41, 5.74) is 0. The number of allylic oxidation sites excluding steroid dienone is 1. The quantitative estimate of drug-likeness (QED) is 0.0306. The lowest BCUT2D eigenvalue weighted by Crippen LogP contribution is -2.66. The maximum Gasteiger partial charge on any atom is 0.220 e. The zero-order chi connectivity index (χ0) is 53.4. The summed E-state index contributed by atoms with van der Waals surface area (Å²) in [6.07, 6.45) is 10.5. The van der Waals surface area contributed by atoms with Crippen LogP contribution < -0.4 is 5.32 Å². The molecule has 0 aromatic carbocycles. The predicted molar refractivity (Wildman–Crippen MR) is 273 cm³/mol. The molecule has 0 aliphatic carbocycles. The summed E-state index contributed by atoms with van der Waals surface area (Å²) in [5.74, 6) is -0.300. The van der Waals surface area contributed by atoms with Crippen LogP contribution in [0.5, 0.6) is 0 Å². The smallest absolute Gasteiger partial charge is 0.220 e. The molecule has 0 bridgehead atoms. The van der Waals surface area contributed by atoms with Gasteiger partial charge >= 0.3 is 0 Å². The molecule has 0 aromatic heterocycles. The average Bonchev–Trinajstić information content (AvgIpc) is 3.38. The van der Waals surface area contributed by atoms with Crippen molar-refractivity contribution in [1.82, 2.24) is 5.32 Å². The summed E-state index contributed by atoms with van der Waals surface area (Å²) in [4.78, 5) is 12.9. The zero-order valence-electron chi connectivity index (χ0n) is 44.4. The van der Waals surface area contributed by atoms with Crippen LogP contribution in [-0.2, 0) is 33.2 Å². The first-order valence-corrected chi connectivity index (χ1v) is 28.4. The van der Waals surface area contributed by atoms with Crippen LogP contribution in [-0.4, -0.2) is 193 Å². The van der Waals surface area contributed by atoms with Crippen molar-refractivity contribution < 1.29 is 89.4 Å².